The van der Waals surface area contributed by atoms with Gasteiger partial charge < -0.3 is 9.32 Å². The van der Waals surface area contributed by atoms with Gasteiger partial charge in [-0.1, -0.05) is 13.0 Å². The summed E-state index contributed by atoms with van der Waals surface area (Å²) in [5, 5.41) is 12.5. The predicted octanol–water partition coefficient (Wildman–Crippen LogP) is 6.26. The molecule has 1 aliphatic rings. The monoisotopic (exact) mass is 499 g/mol. The van der Waals surface area contributed by atoms with Crippen molar-refractivity contribution in [2.24, 2.45) is 0 Å². The lowest BCUT2D eigenvalue weighted by Crippen LogP contribution is -2.51. The largest absolute Gasteiger partial charge is 0.464 e. The Bertz CT molecular complexity index is 1290. The van der Waals surface area contributed by atoms with Gasteiger partial charge in [-0.15, -0.1) is 22.7 Å². The number of carbonyl (C=O) groups excluding carboxylic acids is 1. The number of amides is 1. The van der Waals surface area contributed by atoms with Crippen LogP contribution >= 0.6 is 38.6 Å². The first-order chi connectivity index (χ1) is 14.4. The van der Waals surface area contributed by atoms with Gasteiger partial charge in [0.15, 0.2) is 0 Å². The molecule has 8 heteroatoms. The number of fused-ring (bicyclic) bond motifs is 1. The molecule has 4 aromatic rings. The summed E-state index contributed by atoms with van der Waals surface area (Å²) >= 11 is 6.69. The number of rotatable bonds is 3. The second-order valence-corrected chi connectivity index (χ2v) is 11.1. The van der Waals surface area contributed by atoms with Crippen LogP contribution in [0.15, 0.2) is 56.4 Å². The van der Waals surface area contributed by atoms with Crippen LogP contribution in [-0.4, -0.2) is 28.7 Å². The summed E-state index contributed by atoms with van der Waals surface area (Å²) in [5.74, 6) is -0.0935. The number of carbonyl (C=O) groups is 1. The highest BCUT2D eigenvalue weighted by atomic mass is 79.9. The molecule has 1 amide bonds. The first-order valence-corrected chi connectivity index (χ1v) is 11.9. The minimum atomic E-state index is -0.518. The van der Waals surface area contributed by atoms with Crippen molar-refractivity contribution < 1.29 is 9.21 Å². The summed E-state index contributed by atoms with van der Waals surface area (Å²) in [5.41, 5.74) is 2.28. The Morgan fingerprint density at radius 2 is 2.17 bits per heavy atom. The quantitative estimate of drug-likeness (QED) is 0.361. The van der Waals surface area contributed by atoms with Crippen LogP contribution in [0, 0.1) is 5.41 Å². The third-order valence-electron chi connectivity index (χ3n) is 5.85. The number of nitrogens with zero attached hydrogens (tertiary/aromatic N) is 2. The molecule has 1 N–H and O–H groups in total. The summed E-state index contributed by atoms with van der Waals surface area (Å²) in [6.07, 6.45) is 3.96. The summed E-state index contributed by atoms with van der Waals surface area (Å²) in [6, 6.07) is 9.98. The lowest BCUT2D eigenvalue weighted by Gasteiger charge is -2.44. The van der Waals surface area contributed by atoms with Crippen molar-refractivity contribution in [2.75, 3.05) is 7.05 Å². The second kappa shape index (κ2) is 7.14. The lowest BCUT2D eigenvalue weighted by atomic mass is 9.67. The zero-order chi connectivity index (χ0) is 21.0. The van der Waals surface area contributed by atoms with Gasteiger partial charge in [0.1, 0.15) is 16.4 Å². The average Bonchev–Trinajstić information content (AvgIpc) is 3.46. The van der Waals surface area contributed by atoms with Gasteiger partial charge >= 0.3 is 0 Å². The van der Waals surface area contributed by atoms with Crippen LogP contribution < -0.4 is 0 Å². The van der Waals surface area contributed by atoms with E-state index in [1.165, 1.54) is 4.90 Å². The molecule has 4 heterocycles. The molecule has 30 heavy (non-hydrogen) atoms. The van der Waals surface area contributed by atoms with Crippen molar-refractivity contribution in [2.45, 2.75) is 24.7 Å². The van der Waals surface area contributed by atoms with E-state index in [0.29, 0.717) is 12.3 Å². The number of nitrogens with one attached hydrogen (secondary N) is 1. The maximum Gasteiger partial charge on any atom is 0.236 e. The number of halogens is 1. The molecule has 0 unspecified atom stereocenters. The zero-order valence-corrected chi connectivity index (χ0v) is 19.5. The molecule has 0 bridgehead atoms. The molecule has 0 spiro atoms. The van der Waals surface area contributed by atoms with Crippen LogP contribution in [0.1, 0.15) is 29.7 Å². The Morgan fingerprint density at radius 3 is 2.93 bits per heavy atom. The van der Waals surface area contributed by atoms with Gasteiger partial charge in [-0.2, -0.15) is 0 Å². The van der Waals surface area contributed by atoms with E-state index in [2.05, 4.69) is 39.3 Å². The van der Waals surface area contributed by atoms with Crippen LogP contribution in [0.5, 0.6) is 0 Å². The van der Waals surface area contributed by atoms with Gasteiger partial charge in [0.05, 0.1) is 22.2 Å². The van der Waals surface area contributed by atoms with Gasteiger partial charge in [-0.25, -0.2) is 4.98 Å². The van der Waals surface area contributed by atoms with E-state index < -0.39 is 5.41 Å². The standard InChI is InChI=1S/C22H18BrN3O2S2/c1-22(16-8-14(11-29-16)20-25-10-17(23)30-20)9-18(24)26(2)21(27)19(22)13-3-4-15-12(7-13)5-6-28-15/h3-8,10-11,19,24H,9H2,1-2H3/t19-,22-/m1/s1. The summed E-state index contributed by atoms with van der Waals surface area (Å²) < 4.78 is 6.46. The van der Waals surface area contributed by atoms with Crippen LogP contribution in [0.4, 0.5) is 0 Å². The van der Waals surface area contributed by atoms with Gasteiger partial charge in [0.2, 0.25) is 5.91 Å². The molecule has 0 saturated carbocycles. The Labute approximate surface area is 190 Å². The zero-order valence-electron chi connectivity index (χ0n) is 16.3. The first-order valence-electron chi connectivity index (χ1n) is 9.40. The van der Waals surface area contributed by atoms with Gasteiger partial charge in [0, 0.05) is 40.1 Å². The number of aromatic nitrogens is 1. The maximum absolute atomic E-state index is 13.4. The summed E-state index contributed by atoms with van der Waals surface area (Å²) in [7, 11) is 1.70. The van der Waals surface area contributed by atoms with E-state index in [1.807, 2.05) is 24.3 Å². The van der Waals surface area contributed by atoms with E-state index in [1.54, 1.807) is 42.2 Å². The Hall–Kier alpha value is -2.29. The number of likely N-dealkylation sites (N-methyl/N-ethyl adjacent to an activating group) is 1. The number of piperidine rings is 1. The molecule has 1 aliphatic heterocycles. The highest BCUT2D eigenvalue weighted by Gasteiger charge is 2.49. The second-order valence-electron chi connectivity index (χ2n) is 7.76. The Kier molecular flexibility index (Phi) is 4.68. The fourth-order valence-electron chi connectivity index (χ4n) is 4.21. The molecule has 0 aliphatic carbocycles. The highest BCUT2D eigenvalue weighted by molar-refractivity contribution is 9.11. The van der Waals surface area contributed by atoms with Crippen molar-refractivity contribution in [3.05, 3.63) is 62.4 Å². The van der Waals surface area contributed by atoms with Crippen LogP contribution in [0.3, 0.4) is 0 Å². The number of thiazole rings is 1. The fourth-order valence-corrected chi connectivity index (χ4v) is 6.56. The van der Waals surface area contributed by atoms with E-state index >= 15 is 0 Å². The van der Waals surface area contributed by atoms with Crippen molar-refractivity contribution in [1.82, 2.24) is 9.88 Å². The minimum absolute atomic E-state index is 0.0523. The molecule has 152 valence electrons. The Balaban J connectivity index is 1.63. The van der Waals surface area contributed by atoms with Crippen LogP contribution in [0.25, 0.3) is 21.5 Å². The van der Waals surface area contributed by atoms with E-state index in [4.69, 9.17) is 9.83 Å². The summed E-state index contributed by atoms with van der Waals surface area (Å²) in [6.45, 7) is 2.10. The SMILES string of the molecule is CN1C(=N)C[C@](C)(c2cc(-c3ncc(Br)s3)cs2)[C@H](c2ccc3occc3c2)C1=O. The molecule has 0 radical (unpaired) electrons. The van der Waals surface area contributed by atoms with Crippen LogP contribution in [-0.2, 0) is 10.2 Å². The Morgan fingerprint density at radius 1 is 1.33 bits per heavy atom. The average molecular weight is 500 g/mol. The summed E-state index contributed by atoms with van der Waals surface area (Å²) in [4.78, 5) is 20.5. The number of hydrogen-bond acceptors (Lipinski definition) is 6. The molecular formula is C22H18BrN3O2S2. The molecule has 5 nitrogen and oxygen atoms in total. The first kappa shape index (κ1) is 19.7. The van der Waals surface area contributed by atoms with Crippen molar-refractivity contribution in [1.29, 1.82) is 5.41 Å². The van der Waals surface area contributed by atoms with E-state index in [0.717, 1.165) is 35.8 Å². The molecule has 1 aromatic carbocycles. The molecule has 1 fully saturated rings. The maximum atomic E-state index is 13.4. The molecule has 3 aromatic heterocycles. The normalized spacial score (nSPS) is 22.2. The number of amidine groups is 1. The van der Waals surface area contributed by atoms with E-state index in [-0.39, 0.29) is 11.8 Å². The highest BCUT2D eigenvalue weighted by Crippen LogP contribution is 2.49. The number of benzene rings is 1. The number of furan rings is 1. The third kappa shape index (κ3) is 3.05. The lowest BCUT2D eigenvalue weighted by molar-refractivity contribution is -0.131. The van der Waals surface area contributed by atoms with E-state index in [9.17, 15) is 4.79 Å². The molecule has 5 rings (SSSR count). The van der Waals surface area contributed by atoms with Gasteiger partial charge in [-0.05, 0) is 45.8 Å². The third-order valence-corrected chi connectivity index (χ3v) is 8.59. The number of likely N-dealkylation sites (tertiary alicyclic amines) is 1. The van der Waals surface area contributed by atoms with Gasteiger partial charge in [-0.3, -0.25) is 10.2 Å². The number of hydrogen-bond donors (Lipinski definition) is 1. The minimum Gasteiger partial charge on any atom is -0.464 e. The number of thiophene rings is 1. The van der Waals surface area contributed by atoms with Crippen molar-refractivity contribution in [3.63, 3.8) is 0 Å². The topological polar surface area (TPSA) is 70.2 Å². The molecular weight excluding hydrogens is 482 g/mol. The smallest absolute Gasteiger partial charge is 0.236 e. The van der Waals surface area contributed by atoms with Crippen LogP contribution in [0.2, 0.25) is 0 Å². The van der Waals surface area contributed by atoms with Crippen molar-refractivity contribution in [3.8, 4) is 10.6 Å². The fraction of sp³-hybridized carbons (Fsp3) is 0.227. The molecule has 1 saturated heterocycles. The van der Waals surface area contributed by atoms with Gasteiger partial charge in [0.25, 0.3) is 0 Å². The molecule has 2 atom stereocenters. The predicted molar refractivity (Wildman–Crippen MR) is 125 cm³/mol. The van der Waals surface area contributed by atoms with Crippen molar-refractivity contribution >= 4 is 61.3 Å².